The second-order valence-electron chi connectivity index (χ2n) is 4.57. The maximum atomic E-state index is 11.8. The smallest absolute Gasteiger partial charge is 0.338 e. The van der Waals surface area contributed by atoms with E-state index in [9.17, 15) is 14.4 Å². The highest BCUT2D eigenvalue weighted by atomic mass is 127. The minimum Gasteiger partial charge on any atom is -0.452 e. The van der Waals surface area contributed by atoms with Crippen LogP contribution in [0.15, 0.2) is 48.5 Å². The number of ether oxygens (including phenoxy) is 1. The van der Waals surface area contributed by atoms with E-state index in [2.05, 4.69) is 27.9 Å². The molecule has 2 aromatic rings. The van der Waals surface area contributed by atoms with E-state index in [1.807, 2.05) is 0 Å². The van der Waals surface area contributed by atoms with Crippen LogP contribution in [-0.2, 0) is 9.53 Å². The molecular formula is C16H13IN2O4. The molecule has 2 amide bonds. The number of carbonyl (C=O) groups is 3. The number of halogens is 1. The largest absolute Gasteiger partial charge is 0.452 e. The summed E-state index contributed by atoms with van der Waals surface area (Å²) < 4.78 is 5.93. The van der Waals surface area contributed by atoms with Gasteiger partial charge in [0.05, 0.1) is 5.56 Å². The van der Waals surface area contributed by atoms with Crippen molar-refractivity contribution in [3.05, 3.63) is 63.2 Å². The maximum Gasteiger partial charge on any atom is 0.338 e. The van der Waals surface area contributed by atoms with Crippen LogP contribution in [0.2, 0.25) is 0 Å². The van der Waals surface area contributed by atoms with Gasteiger partial charge in [0.2, 0.25) is 5.91 Å². The van der Waals surface area contributed by atoms with E-state index < -0.39 is 24.4 Å². The second-order valence-corrected chi connectivity index (χ2v) is 5.82. The van der Waals surface area contributed by atoms with Gasteiger partial charge in [-0.25, -0.2) is 4.79 Å². The summed E-state index contributed by atoms with van der Waals surface area (Å²) in [5, 5.41) is 2.55. The Morgan fingerprint density at radius 1 is 0.957 bits per heavy atom. The highest BCUT2D eigenvalue weighted by Crippen LogP contribution is 2.10. The van der Waals surface area contributed by atoms with Crippen LogP contribution in [0.3, 0.4) is 0 Å². The third-order valence-electron chi connectivity index (χ3n) is 2.87. The summed E-state index contributed by atoms with van der Waals surface area (Å²) in [7, 11) is 0. The molecule has 3 N–H and O–H groups in total. The first-order valence-corrected chi connectivity index (χ1v) is 7.66. The molecule has 0 aromatic heterocycles. The summed E-state index contributed by atoms with van der Waals surface area (Å²) in [6.45, 7) is -0.400. The van der Waals surface area contributed by atoms with E-state index in [1.54, 1.807) is 36.4 Å². The monoisotopic (exact) mass is 424 g/mol. The highest BCUT2D eigenvalue weighted by molar-refractivity contribution is 14.1. The summed E-state index contributed by atoms with van der Waals surface area (Å²) in [5.41, 5.74) is 6.32. The summed E-state index contributed by atoms with van der Waals surface area (Å²) in [5.74, 6) is -1.59. The van der Waals surface area contributed by atoms with Gasteiger partial charge in [0, 0.05) is 14.8 Å². The molecule has 0 saturated heterocycles. The molecule has 2 rings (SSSR count). The van der Waals surface area contributed by atoms with E-state index in [4.69, 9.17) is 10.5 Å². The van der Waals surface area contributed by atoms with E-state index in [-0.39, 0.29) is 0 Å². The summed E-state index contributed by atoms with van der Waals surface area (Å²) in [6, 6.07) is 12.9. The highest BCUT2D eigenvalue weighted by Gasteiger charge is 2.10. The van der Waals surface area contributed by atoms with Crippen molar-refractivity contribution in [2.75, 3.05) is 11.9 Å². The molecule has 0 unspecified atom stereocenters. The quantitative estimate of drug-likeness (QED) is 0.568. The van der Waals surface area contributed by atoms with Gasteiger partial charge in [-0.1, -0.05) is 0 Å². The number of nitrogens with one attached hydrogen (secondary N) is 1. The third-order valence-corrected chi connectivity index (χ3v) is 3.59. The number of nitrogens with two attached hydrogens (primary N) is 1. The van der Waals surface area contributed by atoms with Gasteiger partial charge in [-0.2, -0.15) is 0 Å². The number of hydrogen-bond donors (Lipinski definition) is 2. The van der Waals surface area contributed by atoms with Crippen molar-refractivity contribution in [2.24, 2.45) is 5.73 Å². The van der Waals surface area contributed by atoms with Crippen LogP contribution in [0, 0.1) is 3.57 Å². The molecule has 0 heterocycles. The van der Waals surface area contributed by atoms with E-state index in [0.717, 1.165) is 3.57 Å². The molecule has 0 saturated carbocycles. The fraction of sp³-hybridized carbons (Fsp3) is 0.0625. The zero-order valence-electron chi connectivity index (χ0n) is 11.9. The molecule has 7 heteroatoms. The van der Waals surface area contributed by atoms with Crippen LogP contribution < -0.4 is 11.1 Å². The Bertz CT molecular complexity index is 727. The van der Waals surface area contributed by atoms with Crippen LogP contribution in [0.4, 0.5) is 5.69 Å². The maximum absolute atomic E-state index is 11.8. The summed E-state index contributed by atoms with van der Waals surface area (Å²) in [4.78, 5) is 34.5. The Morgan fingerprint density at radius 3 is 2.09 bits per heavy atom. The number of amides is 2. The average molecular weight is 424 g/mol. The first-order chi connectivity index (χ1) is 11.0. The van der Waals surface area contributed by atoms with E-state index in [0.29, 0.717) is 16.8 Å². The number of carbonyl (C=O) groups excluding carboxylic acids is 3. The molecule has 23 heavy (non-hydrogen) atoms. The predicted octanol–water partition coefficient (Wildman–Crippen LogP) is 2.19. The fourth-order valence-electron chi connectivity index (χ4n) is 1.72. The molecular weight excluding hydrogens is 411 g/mol. The van der Waals surface area contributed by atoms with Gasteiger partial charge in [-0.3, -0.25) is 9.59 Å². The van der Waals surface area contributed by atoms with Gasteiger partial charge >= 0.3 is 5.97 Å². The molecule has 6 nitrogen and oxygen atoms in total. The number of rotatable bonds is 5. The van der Waals surface area contributed by atoms with Gasteiger partial charge in [0.1, 0.15) is 0 Å². The number of anilines is 1. The molecule has 0 aliphatic rings. The minimum absolute atomic E-state index is 0.341. The van der Waals surface area contributed by atoms with Crippen molar-refractivity contribution in [1.29, 1.82) is 0 Å². The Balaban J connectivity index is 1.86. The SMILES string of the molecule is NC(=O)c1ccc(NC(=O)COC(=O)c2ccc(I)cc2)cc1. The lowest BCUT2D eigenvalue weighted by molar-refractivity contribution is -0.119. The van der Waals surface area contributed by atoms with Gasteiger partial charge in [0.25, 0.3) is 5.91 Å². The Hall–Kier alpha value is -2.42. The Morgan fingerprint density at radius 2 is 1.52 bits per heavy atom. The first kappa shape index (κ1) is 16.9. The molecule has 0 aliphatic heterocycles. The predicted molar refractivity (Wildman–Crippen MR) is 93.0 cm³/mol. The molecule has 0 radical (unpaired) electrons. The van der Waals surface area contributed by atoms with Crippen molar-refractivity contribution in [3.63, 3.8) is 0 Å². The molecule has 118 valence electrons. The lowest BCUT2D eigenvalue weighted by Gasteiger charge is -2.07. The molecule has 2 aromatic carbocycles. The normalized spacial score (nSPS) is 9.96. The van der Waals surface area contributed by atoms with Gasteiger partial charge < -0.3 is 15.8 Å². The standard InChI is InChI=1S/C16H13IN2O4/c17-12-5-1-11(2-6-12)16(22)23-9-14(20)19-13-7-3-10(4-8-13)15(18)21/h1-8H,9H2,(H2,18,21)(H,19,20). The van der Waals surface area contributed by atoms with Crippen molar-refractivity contribution < 1.29 is 19.1 Å². The fourth-order valence-corrected chi connectivity index (χ4v) is 2.07. The number of benzene rings is 2. The Labute approximate surface area is 146 Å². The zero-order chi connectivity index (χ0) is 16.8. The van der Waals surface area contributed by atoms with Crippen LogP contribution in [0.1, 0.15) is 20.7 Å². The lowest BCUT2D eigenvalue weighted by Crippen LogP contribution is -2.21. The average Bonchev–Trinajstić information content (AvgIpc) is 2.54. The molecule has 0 bridgehead atoms. The van der Waals surface area contributed by atoms with Gasteiger partial charge in [0.15, 0.2) is 6.61 Å². The molecule has 0 fully saturated rings. The van der Waals surface area contributed by atoms with E-state index in [1.165, 1.54) is 12.1 Å². The number of primary amides is 1. The molecule has 0 aliphatic carbocycles. The topological polar surface area (TPSA) is 98.5 Å². The lowest BCUT2D eigenvalue weighted by atomic mass is 10.2. The third kappa shape index (κ3) is 5.06. The first-order valence-electron chi connectivity index (χ1n) is 6.58. The van der Waals surface area contributed by atoms with Crippen molar-refractivity contribution >= 4 is 46.1 Å². The van der Waals surface area contributed by atoms with Crippen molar-refractivity contribution in [2.45, 2.75) is 0 Å². The Kier molecular flexibility index (Phi) is 5.69. The number of hydrogen-bond acceptors (Lipinski definition) is 4. The van der Waals surface area contributed by atoms with Crippen LogP contribution >= 0.6 is 22.6 Å². The van der Waals surface area contributed by atoms with Crippen LogP contribution in [-0.4, -0.2) is 24.4 Å². The van der Waals surface area contributed by atoms with Crippen molar-refractivity contribution in [1.82, 2.24) is 0 Å². The second kappa shape index (κ2) is 7.73. The number of esters is 1. The molecule has 0 spiro atoms. The molecule has 0 atom stereocenters. The van der Waals surface area contributed by atoms with Gasteiger partial charge in [-0.05, 0) is 71.1 Å². The van der Waals surface area contributed by atoms with Crippen LogP contribution in [0.25, 0.3) is 0 Å². The van der Waals surface area contributed by atoms with Crippen molar-refractivity contribution in [3.8, 4) is 0 Å². The zero-order valence-corrected chi connectivity index (χ0v) is 14.1. The van der Waals surface area contributed by atoms with Crippen LogP contribution in [0.5, 0.6) is 0 Å². The van der Waals surface area contributed by atoms with Gasteiger partial charge in [-0.15, -0.1) is 0 Å². The minimum atomic E-state index is -0.569. The van der Waals surface area contributed by atoms with E-state index >= 15 is 0 Å². The summed E-state index contributed by atoms with van der Waals surface area (Å²) >= 11 is 2.13. The summed E-state index contributed by atoms with van der Waals surface area (Å²) in [6.07, 6.45) is 0.